The van der Waals surface area contributed by atoms with Gasteiger partial charge in [-0.25, -0.2) is 10.4 Å². The number of aromatic nitrogens is 2. The van der Waals surface area contributed by atoms with Crippen LogP contribution in [0.25, 0.3) is 307 Å². The number of amides is 1. The number of hydrazone groups is 1. The lowest BCUT2D eigenvalue weighted by molar-refractivity contribution is -0.911. The number of carbonyl (C=O) groups excluding carboxylic acids is 1. The van der Waals surface area contributed by atoms with Crippen molar-refractivity contribution in [1.29, 1.82) is 0 Å². The summed E-state index contributed by atoms with van der Waals surface area (Å²) in [5.41, 5.74) is 12.8. The summed E-state index contributed by atoms with van der Waals surface area (Å²) in [5, 5.41) is 93.0. The largest absolute Gasteiger partial charge is 0.320 e. The Balaban J connectivity index is 0.702. The van der Waals surface area contributed by atoms with Gasteiger partial charge in [0, 0.05) is 15.6 Å². The first-order valence-electron chi connectivity index (χ1n) is 34.0. The average molecular weight is 1250 g/mol. The van der Waals surface area contributed by atoms with Crippen LogP contribution in [0.15, 0.2) is 81.1 Å². The molecular weight excluding hydrogens is 1230 g/mol. The Morgan fingerprint density at radius 3 is 1.14 bits per heavy atom. The maximum Gasteiger partial charge on any atom is 0.271 e. The molecule has 416 valence electrons. The van der Waals surface area contributed by atoms with Gasteiger partial charge in [-0.05, 0) is 368 Å². The third-order valence-electron chi connectivity index (χ3n) is 30.3. The lowest BCUT2D eigenvalue weighted by atomic mass is 9.47. The Kier molecular flexibility index (Phi) is 4.39. The van der Waals surface area contributed by atoms with Crippen molar-refractivity contribution in [2.45, 2.75) is 23.8 Å². The zero-order valence-corrected chi connectivity index (χ0v) is 51.3. The van der Waals surface area contributed by atoms with Crippen LogP contribution >= 0.6 is 15.9 Å². The molecule has 1 aliphatic heterocycles. The minimum atomic E-state index is -0.449. The van der Waals surface area contributed by atoms with E-state index in [2.05, 4.69) is 64.8 Å². The van der Waals surface area contributed by atoms with E-state index < -0.39 is 5.41 Å². The molecular formula is C87H25BrN5O2+. The van der Waals surface area contributed by atoms with Gasteiger partial charge in [-0.2, -0.15) is 5.10 Å². The molecule has 1 N–H and O–H groups in total. The highest BCUT2D eigenvalue weighted by Gasteiger charge is 2.80. The van der Waals surface area contributed by atoms with Crippen LogP contribution in [0.3, 0.4) is 0 Å². The highest BCUT2D eigenvalue weighted by molar-refractivity contribution is 9.10. The lowest BCUT2D eigenvalue weighted by Gasteiger charge is -2.49. The Hall–Kier alpha value is -11.2. The number of aryl methyl sites for hydroxylation is 1. The summed E-state index contributed by atoms with van der Waals surface area (Å²) in [5.74, 6) is 0.254. The number of halogens is 1. The molecule has 0 bridgehead atoms. The van der Waals surface area contributed by atoms with E-state index >= 15 is 0 Å². The second-order valence-electron chi connectivity index (χ2n) is 32.7. The first-order chi connectivity index (χ1) is 46.7. The van der Waals surface area contributed by atoms with Crippen molar-refractivity contribution in [3.63, 3.8) is 0 Å². The molecule has 95 heavy (non-hydrogen) atoms. The summed E-state index contributed by atoms with van der Waals surface area (Å²) in [6.07, 6.45) is 1.81. The first-order valence-corrected chi connectivity index (χ1v) is 34.8. The standard InChI is InChI=1S/C87H24BrN5O2/c1-17-90-24-13-10-21(88)14-23(24)85(95)92(17)22-11-8-20(9-12-22)84(94)91-89-15-18-4-6-19(7-5-18)83-87-81-75-69-59-47-39-31-27-25-26-29-33(31)41(47)51-45-37(29)38-30(26)34-32-28(25)36-35(27)43-49(39)57-63-53(43)54-44(36)50-40(32)48-42(34)52-46(38)56-55(45)67(61(51)69)77(81)78-68(56)62(52)70-60(48)66-58(50)64(54)72-71(63)79(73(75)65(57)59)86(87,16-93(83,2)3)80(72)74(66)76(70)82(78)87/h4-15,83H,16H2,1-3H3/p+1/b89-15+. The number of likely N-dealkylation sites (N-methyl/N-ethyl adjacent to an activating group) is 1. The lowest BCUT2D eigenvalue weighted by Crippen LogP contribution is -2.52. The summed E-state index contributed by atoms with van der Waals surface area (Å²) in [6.45, 7) is 2.84. The molecule has 1 atom stereocenters. The van der Waals surface area contributed by atoms with Gasteiger partial charge < -0.3 is 4.48 Å². The smallest absolute Gasteiger partial charge is 0.271 e. The number of nitrogens with zero attached hydrogens (tertiary/aromatic N) is 4. The van der Waals surface area contributed by atoms with Crippen molar-refractivity contribution >= 4 is 330 Å². The van der Waals surface area contributed by atoms with E-state index in [0.717, 1.165) is 21.1 Å². The van der Waals surface area contributed by atoms with Gasteiger partial charge in [0.25, 0.3) is 11.5 Å². The Morgan fingerprint density at radius 2 is 0.789 bits per heavy atom. The second kappa shape index (κ2) is 10.2. The molecule has 2 spiro atoms. The van der Waals surface area contributed by atoms with Crippen LogP contribution < -0.4 is 11.0 Å². The van der Waals surface area contributed by atoms with Crippen molar-refractivity contribution < 1.29 is 9.28 Å². The number of carbonyl (C=O) groups is 1. The number of hydrogen-bond acceptors (Lipinski definition) is 4. The van der Waals surface area contributed by atoms with Gasteiger partial charge in [0.1, 0.15) is 11.9 Å². The fourth-order valence-electron chi connectivity index (χ4n) is 29.5. The highest BCUT2D eigenvalue weighted by Crippen LogP contribution is 2.87. The van der Waals surface area contributed by atoms with Gasteiger partial charge >= 0.3 is 0 Å². The molecule has 0 radical (unpaired) electrons. The third kappa shape index (κ3) is 2.71. The second-order valence-corrected chi connectivity index (χ2v) is 33.6. The number of likely N-dealkylation sites (tertiary alicyclic amines) is 1. The van der Waals surface area contributed by atoms with Gasteiger partial charge in [-0.1, -0.05) is 40.2 Å². The molecule has 8 heteroatoms. The Labute approximate surface area is 532 Å². The average Bonchev–Trinajstić information content (AvgIpc) is 1.38. The molecule has 37 rings (SSSR count). The maximum atomic E-state index is 13.9. The van der Waals surface area contributed by atoms with Crippen LogP contribution in [0.5, 0.6) is 0 Å². The van der Waals surface area contributed by atoms with Crippen LogP contribution in [0.2, 0.25) is 0 Å². The molecule has 2 heterocycles. The molecule has 1 unspecified atom stereocenters. The van der Waals surface area contributed by atoms with E-state index in [9.17, 15) is 9.59 Å². The minimum Gasteiger partial charge on any atom is -0.320 e. The van der Waals surface area contributed by atoms with E-state index in [1.54, 1.807) is 354 Å². The normalized spacial score (nSPS) is 21.1. The predicted molar refractivity (Wildman–Crippen MR) is 395 cm³/mol. The van der Waals surface area contributed by atoms with Crippen LogP contribution in [-0.2, 0) is 10.8 Å². The van der Waals surface area contributed by atoms with Crippen LogP contribution in [-0.4, -0.2) is 46.8 Å². The molecule has 1 saturated heterocycles. The predicted octanol–water partition coefficient (Wildman–Crippen LogP) is 20.7. The van der Waals surface area contributed by atoms with Gasteiger partial charge in [0.2, 0.25) is 0 Å². The minimum absolute atomic E-state index is 0.0545. The number of benzene rings is 21. The number of rotatable bonds is 5. The van der Waals surface area contributed by atoms with E-state index in [4.69, 9.17) is 4.98 Å². The van der Waals surface area contributed by atoms with Gasteiger partial charge in [0.15, 0.2) is 0 Å². The molecule has 7 nitrogen and oxygen atoms in total. The van der Waals surface area contributed by atoms with Crippen molar-refractivity contribution in [1.82, 2.24) is 15.0 Å². The Morgan fingerprint density at radius 1 is 0.463 bits per heavy atom. The van der Waals surface area contributed by atoms with Crippen molar-refractivity contribution in [2.24, 2.45) is 5.10 Å². The molecule has 5 aliphatic rings. The van der Waals surface area contributed by atoms with Gasteiger partial charge in [0.05, 0.1) is 54.3 Å². The zero-order valence-electron chi connectivity index (χ0n) is 49.7. The molecule has 31 aromatic carbocycles. The van der Waals surface area contributed by atoms with E-state index in [-0.39, 0.29) is 22.9 Å². The molecule has 0 saturated carbocycles. The van der Waals surface area contributed by atoms with Gasteiger partial charge in [-0.3, -0.25) is 14.2 Å². The van der Waals surface area contributed by atoms with Crippen molar-refractivity contribution in [3.05, 3.63) is 126 Å². The van der Waals surface area contributed by atoms with E-state index in [1.807, 2.05) is 19.1 Å². The molecule has 1 fully saturated rings. The van der Waals surface area contributed by atoms with Crippen LogP contribution in [0.1, 0.15) is 55.6 Å². The van der Waals surface area contributed by atoms with Crippen molar-refractivity contribution in [3.8, 4) is 5.69 Å². The Bertz CT molecular complexity index is 9020. The first kappa shape index (κ1) is 40.7. The zero-order chi connectivity index (χ0) is 59.2. The van der Waals surface area contributed by atoms with E-state index in [1.165, 1.54) is 5.56 Å². The van der Waals surface area contributed by atoms with Gasteiger partial charge in [-0.15, -0.1) is 0 Å². The number of fused-ring (bicyclic) bond motifs is 1. The SMILES string of the molecule is Cc1nc2ccc(Br)cc2c(=O)n1-c1ccc(C(=O)N/N=C/c2ccc(C3C45c6c7c8c9c%10c%11c(c%12c%13c4c4c6c6c%14c7c7c8c8c%10c%10c%15c%11c%11c%12c%12c%13c%13c4c4c6c6c%14c%14c7c7c8c%10c8c%10c%15c%11c%11c%12c%12c%13c4c4c6c6c%14c7c8c7c%10c%11c%12c4c67)C95C[N+]3(C)C)cc2)cc1. The maximum absolute atomic E-state index is 13.9. The fourth-order valence-corrected chi connectivity index (χ4v) is 29.8. The molecule has 4 aliphatic carbocycles. The van der Waals surface area contributed by atoms with Crippen molar-refractivity contribution in [2.75, 3.05) is 20.6 Å². The van der Waals surface area contributed by atoms with Crippen LogP contribution in [0, 0.1) is 6.92 Å². The molecule has 1 amide bonds. The van der Waals surface area contributed by atoms with Crippen LogP contribution in [0.4, 0.5) is 0 Å². The molecule has 32 aromatic rings. The number of nitrogens with one attached hydrogen (secondary N) is 1. The quantitative estimate of drug-likeness (QED) is 0.0807. The summed E-state index contributed by atoms with van der Waals surface area (Å²) >= 11 is 3.52. The summed E-state index contributed by atoms with van der Waals surface area (Å²) in [7, 11) is 5.29. The number of quaternary nitrogens is 1. The topological polar surface area (TPSA) is 76.3 Å². The highest BCUT2D eigenvalue weighted by atomic mass is 79.9. The number of hydrogen-bond donors (Lipinski definition) is 1. The van der Waals surface area contributed by atoms with E-state index in [0.29, 0.717) is 28.0 Å². The monoisotopic (exact) mass is 1250 g/mol. The molecule has 1 aromatic heterocycles. The summed E-state index contributed by atoms with van der Waals surface area (Å²) in [4.78, 5) is 32.4. The third-order valence-corrected chi connectivity index (χ3v) is 30.8. The fraction of sp³-hybridized carbons (Fsp3) is 0.0805. The summed E-state index contributed by atoms with van der Waals surface area (Å²) in [6, 6.07) is 22.2. The summed E-state index contributed by atoms with van der Waals surface area (Å²) < 4.78 is 3.26.